The van der Waals surface area contributed by atoms with Gasteiger partial charge in [-0.3, -0.25) is 4.79 Å². The van der Waals surface area contributed by atoms with Gasteiger partial charge in [-0.1, -0.05) is 25.0 Å². The van der Waals surface area contributed by atoms with Gasteiger partial charge in [-0.2, -0.15) is 0 Å². The summed E-state index contributed by atoms with van der Waals surface area (Å²) in [4.78, 5) is 26.8. The molecule has 1 aromatic carbocycles. The Kier molecular flexibility index (Phi) is 5.38. The van der Waals surface area contributed by atoms with E-state index in [9.17, 15) is 9.59 Å². The number of hydrogen-bond donors (Lipinski definition) is 0. The monoisotopic (exact) mass is 331 g/mol. The lowest BCUT2D eigenvalue weighted by molar-refractivity contribution is -0.155. The predicted molar refractivity (Wildman–Crippen MR) is 89.5 cm³/mol. The van der Waals surface area contributed by atoms with Crippen LogP contribution in [0.25, 0.3) is 0 Å². The molecule has 1 aliphatic carbocycles. The van der Waals surface area contributed by atoms with Gasteiger partial charge in [-0.25, -0.2) is 4.79 Å². The van der Waals surface area contributed by atoms with Gasteiger partial charge in [0.25, 0.3) is 0 Å². The third-order valence-corrected chi connectivity index (χ3v) is 5.03. The molecule has 1 saturated heterocycles. The lowest BCUT2D eigenvalue weighted by Gasteiger charge is -2.26. The van der Waals surface area contributed by atoms with E-state index in [-0.39, 0.29) is 24.4 Å². The van der Waals surface area contributed by atoms with Crippen molar-refractivity contribution in [2.75, 3.05) is 13.7 Å². The van der Waals surface area contributed by atoms with Crippen molar-refractivity contribution in [3.8, 4) is 5.75 Å². The van der Waals surface area contributed by atoms with Crippen LogP contribution in [0, 0.1) is 5.92 Å². The SMILES string of the molecule is COc1cccc(COC(=O)[C@@H]2CCCN2C(=O)C2CCCC2)c1. The zero-order chi connectivity index (χ0) is 16.9. The zero-order valence-electron chi connectivity index (χ0n) is 14.2. The van der Waals surface area contributed by atoms with E-state index in [1.807, 2.05) is 24.3 Å². The molecule has 0 unspecified atom stereocenters. The van der Waals surface area contributed by atoms with E-state index in [4.69, 9.17) is 9.47 Å². The Labute approximate surface area is 142 Å². The van der Waals surface area contributed by atoms with Crippen molar-refractivity contribution >= 4 is 11.9 Å². The largest absolute Gasteiger partial charge is 0.497 e. The molecule has 5 heteroatoms. The summed E-state index contributed by atoms with van der Waals surface area (Å²) in [5.41, 5.74) is 0.884. The third-order valence-electron chi connectivity index (χ3n) is 5.03. The van der Waals surface area contributed by atoms with Crippen LogP contribution in [0.2, 0.25) is 0 Å². The number of esters is 1. The Hall–Kier alpha value is -2.04. The molecule has 0 bridgehead atoms. The highest BCUT2D eigenvalue weighted by Gasteiger charge is 2.38. The maximum absolute atomic E-state index is 12.6. The second-order valence-corrected chi connectivity index (χ2v) is 6.63. The average molecular weight is 331 g/mol. The first-order chi connectivity index (χ1) is 11.7. The van der Waals surface area contributed by atoms with Gasteiger partial charge < -0.3 is 14.4 Å². The molecule has 0 radical (unpaired) electrons. The van der Waals surface area contributed by atoms with E-state index in [2.05, 4.69) is 0 Å². The highest BCUT2D eigenvalue weighted by atomic mass is 16.5. The molecule has 1 atom stereocenters. The minimum atomic E-state index is -0.413. The summed E-state index contributed by atoms with van der Waals surface area (Å²) < 4.78 is 10.6. The van der Waals surface area contributed by atoms with Gasteiger partial charge >= 0.3 is 5.97 Å². The fourth-order valence-electron chi connectivity index (χ4n) is 3.70. The van der Waals surface area contributed by atoms with Crippen LogP contribution in [0.15, 0.2) is 24.3 Å². The molecule has 3 rings (SSSR count). The number of ether oxygens (including phenoxy) is 2. The van der Waals surface area contributed by atoms with E-state index < -0.39 is 6.04 Å². The maximum atomic E-state index is 12.6. The summed E-state index contributed by atoms with van der Waals surface area (Å²) in [7, 11) is 1.61. The van der Waals surface area contributed by atoms with Gasteiger partial charge in [0.15, 0.2) is 0 Å². The normalized spacial score (nSPS) is 21.0. The number of methoxy groups -OCH3 is 1. The number of rotatable bonds is 5. The highest BCUT2D eigenvalue weighted by molar-refractivity contribution is 5.86. The van der Waals surface area contributed by atoms with E-state index in [0.717, 1.165) is 43.4 Å². The fourth-order valence-corrected chi connectivity index (χ4v) is 3.70. The molecule has 5 nitrogen and oxygen atoms in total. The molecule has 24 heavy (non-hydrogen) atoms. The number of hydrogen-bond acceptors (Lipinski definition) is 4. The Morgan fingerprint density at radius 1 is 1.17 bits per heavy atom. The molecule has 1 heterocycles. The molecular weight excluding hydrogens is 306 g/mol. The zero-order valence-corrected chi connectivity index (χ0v) is 14.2. The van der Waals surface area contributed by atoms with Gasteiger partial charge in [0.1, 0.15) is 18.4 Å². The Bertz CT molecular complexity index is 595. The van der Waals surface area contributed by atoms with Crippen LogP contribution >= 0.6 is 0 Å². The molecule has 2 aliphatic rings. The standard InChI is InChI=1S/C19H25NO4/c1-23-16-9-4-6-14(12-16)13-24-19(22)17-10-5-11-20(17)18(21)15-7-2-3-8-15/h4,6,9,12,15,17H,2-3,5,7-8,10-11,13H2,1H3/t17-/m0/s1. The van der Waals surface area contributed by atoms with Crippen LogP contribution in [0.1, 0.15) is 44.1 Å². The Morgan fingerprint density at radius 3 is 2.71 bits per heavy atom. The van der Waals surface area contributed by atoms with E-state index in [1.165, 1.54) is 0 Å². The molecule has 2 fully saturated rings. The molecule has 130 valence electrons. The van der Waals surface area contributed by atoms with Crippen LogP contribution in [-0.4, -0.2) is 36.5 Å². The maximum Gasteiger partial charge on any atom is 0.329 e. The number of nitrogens with zero attached hydrogens (tertiary/aromatic N) is 1. The first-order valence-electron chi connectivity index (χ1n) is 8.79. The average Bonchev–Trinajstić information content (AvgIpc) is 3.30. The summed E-state index contributed by atoms with van der Waals surface area (Å²) in [5.74, 6) is 0.703. The highest BCUT2D eigenvalue weighted by Crippen LogP contribution is 2.30. The summed E-state index contributed by atoms with van der Waals surface area (Å²) in [6, 6.07) is 7.05. The van der Waals surface area contributed by atoms with Gasteiger partial charge in [0, 0.05) is 12.5 Å². The van der Waals surface area contributed by atoms with Gasteiger partial charge in [-0.05, 0) is 43.4 Å². The first-order valence-corrected chi connectivity index (χ1v) is 8.79. The third kappa shape index (κ3) is 3.71. The predicted octanol–water partition coefficient (Wildman–Crippen LogP) is 2.92. The second kappa shape index (κ2) is 7.69. The van der Waals surface area contributed by atoms with Crippen molar-refractivity contribution in [2.24, 2.45) is 5.92 Å². The molecule has 0 aromatic heterocycles. The molecular formula is C19H25NO4. The van der Waals surface area contributed by atoms with E-state index in [1.54, 1.807) is 12.0 Å². The summed E-state index contributed by atoms with van der Waals surface area (Å²) in [6.45, 7) is 0.881. The van der Waals surface area contributed by atoms with Crippen molar-refractivity contribution in [2.45, 2.75) is 51.2 Å². The van der Waals surface area contributed by atoms with Crippen molar-refractivity contribution in [1.29, 1.82) is 0 Å². The minimum Gasteiger partial charge on any atom is -0.497 e. The van der Waals surface area contributed by atoms with Crippen LogP contribution in [0.4, 0.5) is 0 Å². The van der Waals surface area contributed by atoms with Crippen molar-refractivity contribution in [3.05, 3.63) is 29.8 Å². The topological polar surface area (TPSA) is 55.8 Å². The van der Waals surface area contributed by atoms with Gasteiger partial charge in [0.05, 0.1) is 7.11 Å². The molecule has 1 aliphatic heterocycles. The quantitative estimate of drug-likeness (QED) is 0.779. The van der Waals surface area contributed by atoms with Crippen LogP contribution < -0.4 is 4.74 Å². The van der Waals surface area contributed by atoms with E-state index >= 15 is 0 Å². The summed E-state index contributed by atoms with van der Waals surface area (Å²) >= 11 is 0. The van der Waals surface area contributed by atoms with Gasteiger partial charge in [0.2, 0.25) is 5.91 Å². The molecule has 1 saturated carbocycles. The first kappa shape index (κ1) is 16.8. The van der Waals surface area contributed by atoms with Crippen LogP contribution in [0.3, 0.4) is 0 Å². The number of amides is 1. The minimum absolute atomic E-state index is 0.108. The number of carbonyl (C=O) groups is 2. The molecule has 0 N–H and O–H groups in total. The Morgan fingerprint density at radius 2 is 1.96 bits per heavy atom. The Balaban J connectivity index is 1.57. The van der Waals surface area contributed by atoms with Crippen molar-refractivity contribution in [1.82, 2.24) is 4.90 Å². The summed E-state index contributed by atoms with van der Waals surface area (Å²) in [5, 5.41) is 0. The molecule has 0 spiro atoms. The fraction of sp³-hybridized carbons (Fsp3) is 0.579. The van der Waals surface area contributed by atoms with Crippen molar-refractivity contribution in [3.63, 3.8) is 0 Å². The molecule has 1 amide bonds. The van der Waals surface area contributed by atoms with Crippen LogP contribution in [-0.2, 0) is 20.9 Å². The van der Waals surface area contributed by atoms with Crippen LogP contribution in [0.5, 0.6) is 5.75 Å². The molecule has 1 aromatic rings. The lowest BCUT2D eigenvalue weighted by Crippen LogP contribution is -2.43. The van der Waals surface area contributed by atoms with Crippen molar-refractivity contribution < 1.29 is 19.1 Å². The lowest BCUT2D eigenvalue weighted by atomic mass is 10.1. The smallest absolute Gasteiger partial charge is 0.329 e. The second-order valence-electron chi connectivity index (χ2n) is 6.63. The number of likely N-dealkylation sites (tertiary alicyclic amines) is 1. The number of benzene rings is 1. The number of carbonyl (C=O) groups excluding carboxylic acids is 2. The summed E-state index contributed by atoms with van der Waals surface area (Å²) in [6.07, 6.45) is 5.74. The van der Waals surface area contributed by atoms with E-state index in [0.29, 0.717) is 13.0 Å². The van der Waals surface area contributed by atoms with Gasteiger partial charge in [-0.15, -0.1) is 0 Å².